The standard InChI is InChI=1S/C13H12ClN3O3S/c1-8-15-10(7-21-8)6-16(2)13(18)9-3-4-12(17(19)20)11(14)5-9/h3-5,7H,6H2,1-2H3. The largest absolute Gasteiger partial charge is 0.336 e. The van der Waals surface area contributed by atoms with E-state index in [9.17, 15) is 14.9 Å². The zero-order valence-corrected chi connectivity index (χ0v) is 12.9. The number of aromatic nitrogens is 1. The number of hydrogen-bond donors (Lipinski definition) is 0. The number of rotatable bonds is 4. The van der Waals surface area contributed by atoms with Gasteiger partial charge >= 0.3 is 0 Å². The predicted octanol–water partition coefficient (Wildman–Crippen LogP) is 3.29. The van der Waals surface area contributed by atoms with Crippen molar-refractivity contribution in [2.24, 2.45) is 0 Å². The summed E-state index contributed by atoms with van der Waals surface area (Å²) in [7, 11) is 1.65. The number of nitrogens with zero attached hydrogens (tertiary/aromatic N) is 3. The summed E-state index contributed by atoms with van der Waals surface area (Å²) in [4.78, 5) is 28.2. The summed E-state index contributed by atoms with van der Waals surface area (Å²) in [6.07, 6.45) is 0. The highest BCUT2D eigenvalue weighted by Gasteiger charge is 2.18. The fourth-order valence-electron chi connectivity index (χ4n) is 1.80. The van der Waals surface area contributed by atoms with Gasteiger partial charge in [-0.3, -0.25) is 14.9 Å². The average molecular weight is 326 g/mol. The van der Waals surface area contributed by atoms with Crippen LogP contribution in [-0.2, 0) is 6.54 Å². The molecule has 0 saturated carbocycles. The van der Waals surface area contributed by atoms with Crippen molar-refractivity contribution in [3.8, 4) is 0 Å². The second-order valence-corrected chi connectivity index (χ2v) is 5.91. The molecule has 2 rings (SSSR count). The molecule has 1 aromatic heterocycles. The summed E-state index contributed by atoms with van der Waals surface area (Å²) >= 11 is 7.33. The highest BCUT2D eigenvalue weighted by atomic mass is 35.5. The molecule has 0 unspecified atom stereocenters. The molecule has 6 nitrogen and oxygen atoms in total. The predicted molar refractivity (Wildman–Crippen MR) is 80.8 cm³/mol. The summed E-state index contributed by atoms with van der Waals surface area (Å²) < 4.78 is 0. The van der Waals surface area contributed by atoms with Crippen LogP contribution in [0.3, 0.4) is 0 Å². The van der Waals surface area contributed by atoms with Gasteiger partial charge in [-0.15, -0.1) is 11.3 Å². The Bertz CT molecular complexity index is 702. The van der Waals surface area contributed by atoms with Crippen LogP contribution in [0, 0.1) is 17.0 Å². The zero-order chi connectivity index (χ0) is 15.6. The number of amides is 1. The molecular formula is C13H12ClN3O3S. The third-order valence-electron chi connectivity index (χ3n) is 2.80. The topological polar surface area (TPSA) is 76.3 Å². The van der Waals surface area contributed by atoms with Crippen LogP contribution in [0.5, 0.6) is 0 Å². The number of carbonyl (C=O) groups is 1. The number of aryl methyl sites for hydroxylation is 1. The van der Waals surface area contributed by atoms with Gasteiger partial charge in [0.25, 0.3) is 11.6 Å². The first-order valence-electron chi connectivity index (χ1n) is 5.99. The van der Waals surface area contributed by atoms with E-state index in [0.717, 1.165) is 10.7 Å². The van der Waals surface area contributed by atoms with Crippen LogP contribution >= 0.6 is 22.9 Å². The van der Waals surface area contributed by atoms with E-state index in [0.29, 0.717) is 12.1 Å². The SMILES string of the molecule is Cc1nc(CN(C)C(=O)c2ccc([N+](=O)[O-])c(Cl)c2)cs1. The number of thiazole rings is 1. The third-order valence-corrected chi connectivity index (χ3v) is 3.93. The Kier molecular flexibility index (Phi) is 4.54. The summed E-state index contributed by atoms with van der Waals surface area (Å²) in [5.41, 5.74) is 0.896. The number of benzene rings is 1. The van der Waals surface area contributed by atoms with Crippen LogP contribution in [0.25, 0.3) is 0 Å². The molecule has 1 amide bonds. The first-order valence-corrected chi connectivity index (χ1v) is 7.24. The monoisotopic (exact) mass is 325 g/mol. The molecule has 0 aliphatic carbocycles. The highest BCUT2D eigenvalue weighted by molar-refractivity contribution is 7.09. The van der Waals surface area contributed by atoms with E-state index in [1.54, 1.807) is 7.05 Å². The number of nitro groups is 1. The number of nitro benzene ring substituents is 1. The van der Waals surface area contributed by atoms with Crippen LogP contribution in [0.4, 0.5) is 5.69 Å². The molecule has 0 atom stereocenters. The molecule has 8 heteroatoms. The van der Waals surface area contributed by atoms with Crippen molar-refractivity contribution in [2.45, 2.75) is 13.5 Å². The molecule has 2 aromatic rings. The Morgan fingerprint density at radius 1 is 1.52 bits per heavy atom. The molecule has 0 N–H and O–H groups in total. The molecule has 1 heterocycles. The van der Waals surface area contributed by atoms with E-state index in [4.69, 9.17) is 11.6 Å². The van der Waals surface area contributed by atoms with Crippen molar-refractivity contribution in [2.75, 3.05) is 7.05 Å². The van der Waals surface area contributed by atoms with Gasteiger partial charge in [-0.1, -0.05) is 11.6 Å². The lowest BCUT2D eigenvalue weighted by Gasteiger charge is -2.16. The minimum absolute atomic E-state index is 0.0521. The van der Waals surface area contributed by atoms with Crippen LogP contribution < -0.4 is 0 Å². The number of carbonyl (C=O) groups excluding carboxylic acids is 1. The van der Waals surface area contributed by atoms with Gasteiger partial charge in [-0.25, -0.2) is 4.98 Å². The maximum atomic E-state index is 12.3. The first kappa shape index (κ1) is 15.4. The van der Waals surface area contributed by atoms with Gasteiger partial charge in [0.2, 0.25) is 0 Å². The molecule has 0 bridgehead atoms. The van der Waals surface area contributed by atoms with Crippen molar-refractivity contribution in [3.63, 3.8) is 0 Å². The van der Waals surface area contributed by atoms with Gasteiger partial charge in [0.1, 0.15) is 5.02 Å². The summed E-state index contributed by atoms with van der Waals surface area (Å²) in [6.45, 7) is 2.27. The molecule has 0 radical (unpaired) electrons. The van der Waals surface area contributed by atoms with Crippen LogP contribution in [0.15, 0.2) is 23.6 Å². The Labute approximate surface area is 130 Å². The zero-order valence-electron chi connectivity index (χ0n) is 11.4. The Morgan fingerprint density at radius 3 is 2.76 bits per heavy atom. The molecular weight excluding hydrogens is 314 g/mol. The van der Waals surface area contributed by atoms with Gasteiger partial charge in [-0.05, 0) is 19.1 Å². The Morgan fingerprint density at radius 2 is 2.24 bits per heavy atom. The minimum Gasteiger partial charge on any atom is -0.336 e. The first-order chi connectivity index (χ1) is 9.88. The van der Waals surface area contributed by atoms with E-state index in [1.807, 2.05) is 12.3 Å². The lowest BCUT2D eigenvalue weighted by molar-refractivity contribution is -0.384. The molecule has 0 aliphatic rings. The highest BCUT2D eigenvalue weighted by Crippen LogP contribution is 2.25. The fraction of sp³-hybridized carbons (Fsp3) is 0.231. The van der Waals surface area contributed by atoms with E-state index >= 15 is 0 Å². The quantitative estimate of drug-likeness (QED) is 0.638. The lowest BCUT2D eigenvalue weighted by atomic mass is 10.2. The van der Waals surface area contributed by atoms with Crippen LogP contribution in [0.1, 0.15) is 21.1 Å². The van der Waals surface area contributed by atoms with E-state index < -0.39 is 4.92 Å². The molecule has 0 spiro atoms. The van der Waals surface area contributed by atoms with Gasteiger partial charge in [0, 0.05) is 24.1 Å². The van der Waals surface area contributed by atoms with E-state index in [1.165, 1.54) is 34.4 Å². The summed E-state index contributed by atoms with van der Waals surface area (Å²) in [5, 5.41) is 13.5. The second-order valence-electron chi connectivity index (χ2n) is 4.44. The van der Waals surface area contributed by atoms with Gasteiger partial charge in [-0.2, -0.15) is 0 Å². The van der Waals surface area contributed by atoms with Crippen LogP contribution in [-0.4, -0.2) is 27.8 Å². The second kappa shape index (κ2) is 6.19. The van der Waals surface area contributed by atoms with Crippen molar-refractivity contribution in [1.29, 1.82) is 0 Å². The van der Waals surface area contributed by atoms with Crippen molar-refractivity contribution in [1.82, 2.24) is 9.88 Å². The normalized spacial score (nSPS) is 10.4. The lowest BCUT2D eigenvalue weighted by Crippen LogP contribution is -2.26. The maximum absolute atomic E-state index is 12.3. The van der Waals surface area contributed by atoms with Gasteiger partial charge < -0.3 is 4.90 Å². The maximum Gasteiger partial charge on any atom is 0.287 e. The molecule has 0 aliphatic heterocycles. The van der Waals surface area contributed by atoms with Crippen LogP contribution in [0.2, 0.25) is 5.02 Å². The Hall–Kier alpha value is -1.99. The molecule has 0 saturated heterocycles. The van der Waals surface area contributed by atoms with E-state index in [-0.39, 0.29) is 16.6 Å². The van der Waals surface area contributed by atoms with Crippen molar-refractivity contribution in [3.05, 3.63) is 55.0 Å². The third kappa shape index (κ3) is 3.56. The number of hydrogen-bond acceptors (Lipinski definition) is 5. The minimum atomic E-state index is -0.585. The van der Waals surface area contributed by atoms with E-state index in [2.05, 4.69) is 4.98 Å². The van der Waals surface area contributed by atoms with Crippen molar-refractivity contribution >= 4 is 34.5 Å². The number of halogens is 1. The Balaban J connectivity index is 2.15. The smallest absolute Gasteiger partial charge is 0.287 e. The molecule has 21 heavy (non-hydrogen) atoms. The fourth-order valence-corrected chi connectivity index (χ4v) is 2.66. The average Bonchev–Trinajstić information content (AvgIpc) is 2.82. The summed E-state index contributed by atoms with van der Waals surface area (Å²) in [5.74, 6) is -0.266. The summed E-state index contributed by atoms with van der Waals surface area (Å²) in [6, 6.07) is 3.94. The van der Waals surface area contributed by atoms with Crippen molar-refractivity contribution < 1.29 is 9.72 Å². The van der Waals surface area contributed by atoms with Gasteiger partial charge in [0.05, 0.1) is 22.2 Å². The molecule has 0 fully saturated rings. The van der Waals surface area contributed by atoms with Gasteiger partial charge in [0.15, 0.2) is 0 Å². The molecule has 110 valence electrons. The molecule has 1 aromatic carbocycles.